The maximum absolute atomic E-state index is 13.1. The van der Waals surface area contributed by atoms with Crippen molar-refractivity contribution in [1.29, 1.82) is 0 Å². The number of benzene rings is 1. The number of aliphatic carboxylic acids is 1. The highest BCUT2D eigenvalue weighted by Crippen LogP contribution is 2.39. The lowest BCUT2D eigenvalue weighted by molar-refractivity contribution is -0.142. The molecule has 1 aromatic rings. The third-order valence-electron chi connectivity index (χ3n) is 3.51. The van der Waals surface area contributed by atoms with Crippen molar-refractivity contribution in [1.82, 2.24) is 0 Å². The van der Waals surface area contributed by atoms with E-state index in [9.17, 15) is 14.3 Å². The third kappa shape index (κ3) is 2.57. The zero-order valence-electron chi connectivity index (χ0n) is 9.40. The van der Waals surface area contributed by atoms with E-state index in [0.29, 0.717) is 31.2 Å². The van der Waals surface area contributed by atoms with Gasteiger partial charge in [0.2, 0.25) is 0 Å². The first kappa shape index (κ1) is 11.9. The zero-order valence-corrected chi connectivity index (χ0v) is 9.40. The molecule has 2 N–H and O–H groups in total. The Balaban J connectivity index is 2.10. The van der Waals surface area contributed by atoms with Crippen LogP contribution in [0.4, 0.5) is 4.39 Å². The second-order valence-corrected chi connectivity index (χ2v) is 4.59. The minimum absolute atomic E-state index is 0.0706. The second-order valence-electron chi connectivity index (χ2n) is 4.59. The highest BCUT2D eigenvalue weighted by molar-refractivity contribution is 5.70. The van der Waals surface area contributed by atoms with Crippen molar-refractivity contribution < 1.29 is 19.4 Å². The summed E-state index contributed by atoms with van der Waals surface area (Å²) in [7, 11) is 0. The Morgan fingerprint density at radius 2 is 1.88 bits per heavy atom. The van der Waals surface area contributed by atoms with Gasteiger partial charge in [0.05, 0.1) is 5.92 Å². The van der Waals surface area contributed by atoms with Crippen LogP contribution in [-0.2, 0) is 4.79 Å². The van der Waals surface area contributed by atoms with Gasteiger partial charge in [-0.2, -0.15) is 0 Å². The Hall–Kier alpha value is -1.58. The molecule has 1 aromatic carbocycles. The number of phenolic OH excluding ortho intramolecular Hbond substituents is 1. The van der Waals surface area contributed by atoms with Crippen molar-refractivity contribution in [3.05, 3.63) is 29.6 Å². The van der Waals surface area contributed by atoms with Gasteiger partial charge in [-0.3, -0.25) is 4.79 Å². The lowest BCUT2D eigenvalue weighted by Crippen LogP contribution is -2.20. The van der Waals surface area contributed by atoms with E-state index >= 15 is 0 Å². The monoisotopic (exact) mass is 238 g/mol. The molecule has 1 aliphatic rings. The fourth-order valence-electron chi connectivity index (χ4n) is 2.50. The number of hydrogen-bond acceptors (Lipinski definition) is 2. The molecule has 0 unspecified atom stereocenters. The summed E-state index contributed by atoms with van der Waals surface area (Å²) in [5.41, 5.74) is 0.605. The average molecular weight is 238 g/mol. The summed E-state index contributed by atoms with van der Waals surface area (Å²) in [4.78, 5) is 10.8. The van der Waals surface area contributed by atoms with Crippen molar-refractivity contribution in [2.75, 3.05) is 0 Å². The molecule has 0 atom stereocenters. The van der Waals surface area contributed by atoms with Crippen LogP contribution in [0.5, 0.6) is 5.75 Å². The standard InChI is InChI=1S/C13H15FO3/c14-10-5-6-12(15)11(7-10)8-1-3-9(4-2-8)13(16)17/h5-9,15H,1-4H2,(H,16,17). The van der Waals surface area contributed by atoms with Crippen LogP contribution in [0.2, 0.25) is 0 Å². The fourth-order valence-corrected chi connectivity index (χ4v) is 2.50. The van der Waals surface area contributed by atoms with Gasteiger partial charge in [-0.05, 0) is 55.4 Å². The molecule has 1 aliphatic carbocycles. The van der Waals surface area contributed by atoms with Crippen LogP contribution in [0, 0.1) is 11.7 Å². The van der Waals surface area contributed by atoms with Crippen LogP contribution in [-0.4, -0.2) is 16.2 Å². The van der Waals surface area contributed by atoms with Crippen LogP contribution in [0.1, 0.15) is 37.2 Å². The van der Waals surface area contributed by atoms with Crippen LogP contribution < -0.4 is 0 Å². The molecular formula is C13H15FO3. The van der Waals surface area contributed by atoms with Gasteiger partial charge < -0.3 is 10.2 Å². The number of phenols is 1. The Morgan fingerprint density at radius 3 is 2.47 bits per heavy atom. The van der Waals surface area contributed by atoms with E-state index in [1.54, 1.807) is 0 Å². The molecule has 0 aliphatic heterocycles. The summed E-state index contributed by atoms with van der Waals surface area (Å²) in [5, 5.41) is 18.6. The summed E-state index contributed by atoms with van der Waals surface area (Å²) in [6, 6.07) is 3.93. The molecule has 1 saturated carbocycles. The molecule has 2 rings (SSSR count). The topological polar surface area (TPSA) is 57.5 Å². The van der Waals surface area contributed by atoms with Gasteiger partial charge in [-0.25, -0.2) is 4.39 Å². The highest BCUT2D eigenvalue weighted by Gasteiger charge is 2.28. The van der Waals surface area contributed by atoms with E-state index in [2.05, 4.69) is 0 Å². The third-order valence-corrected chi connectivity index (χ3v) is 3.51. The summed E-state index contributed by atoms with van der Waals surface area (Å²) in [6.45, 7) is 0. The Bertz CT molecular complexity index is 423. The van der Waals surface area contributed by atoms with Gasteiger partial charge in [-0.15, -0.1) is 0 Å². The first-order valence-corrected chi connectivity index (χ1v) is 5.79. The first-order chi connectivity index (χ1) is 8.08. The maximum atomic E-state index is 13.1. The number of carboxylic acid groups (broad SMARTS) is 1. The minimum atomic E-state index is -0.757. The quantitative estimate of drug-likeness (QED) is 0.832. The van der Waals surface area contributed by atoms with Crippen molar-refractivity contribution in [3.8, 4) is 5.75 Å². The normalized spacial score (nSPS) is 24.5. The van der Waals surface area contributed by atoms with E-state index in [1.807, 2.05) is 0 Å². The molecule has 0 heterocycles. The summed E-state index contributed by atoms with van der Waals surface area (Å²) >= 11 is 0. The SMILES string of the molecule is O=C(O)C1CCC(c2cc(F)ccc2O)CC1. The Labute approximate surface area is 98.9 Å². The van der Waals surface area contributed by atoms with E-state index in [0.717, 1.165) is 0 Å². The van der Waals surface area contributed by atoms with Gasteiger partial charge in [0, 0.05) is 0 Å². The van der Waals surface area contributed by atoms with E-state index in [4.69, 9.17) is 5.11 Å². The van der Waals surface area contributed by atoms with Gasteiger partial charge >= 0.3 is 5.97 Å². The molecule has 0 amide bonds. The van der Waals surface area contributed by atoms with E-state index in [1.165, 1.54) is 18.2 Å². The molecule has 0 aromatic heterocycles. The van der Waals surface area contributed by atoms with Crippen molar-refractivity contribution in [3.63, 3.8) is 0 Å². The van der Waals surface area contributed by atoms with Gasteiger partial charge in [0.1, 0.15) is 11.6 Å². The number of halogens is 1. The second kappa shape index (κ2) is 4.73. The Morgan fingerprint density at radius 1 is 1.24 bits per heavy atom. The van der Waals surface area contributed by atoms with Gasteiger partial charge in [0.25, 0.3) is 0 Å². The van der Waals surface area contributed by atoms with Crippen molar-refractivity contribution >= 4 is 5.97 Å². The zero-order chi connectivity index (χ0) is 12.4. The molecule has 3 nitrogen and oxygen atoms in total. The lowest BCUT2D eigenvalue weighted by Gasteiger charge is -2.26. The first-order valence-electron chi connectivity index (χ1n) is 5.79. The Kier molecular flexibility index (Phi) is 3.31. The van der Waals surface area contributed by atoms with Crippen LogP contribution in [0.25, 0.3) is 0 Å². The lowest BCUT2D eigenvalue weighted by atomic mass is 9.78. The molecule has 0 spiro atoms. The fraction of sp³-hybridized carbons (Fsp3) is 0.462. The molecule has 0 bridgehead atoms. The molecule has 4 heteroatoms. The van der Waals surface area contributed by atoms with Gasteiger partial charge in [-0.1, -0.05) is 0 Å². The van der Waals surface area contributed by atoms with Crippen LogP contribution in [0.15, 0.2) is 18.2 Å². The number of rotatable bonds is 2. The molecule has 17 heavy (non-hydrogen) atoms. The number of hydrogen-bond donors (Lipinski definition) is 2. The predicted molar refractivity (Wildman–Crippen MR) is 60.4 cm³/mol. The van der Waals surface area contributed by atoms with Crippen LogP contribution in [0.3, 0.4) is 0 Å². The smallest absolute Gasteiger partial charge is 0.306 e. The maximum Gasteiger partial charge on any atom is 0.306 e. The molecule has 1 fully saturated rings. The average Bonchev–Trinajstić information content (AvgIpc) is 2.32. The minimum Gasteiger partial charge on any atom is -0.508 e. The van der Waals surface area contributed by atoms with E-state index in [-0.39, 0.29) is 23.4 Å². The van der Waals surface area contributed by atoms with Crippen molar-refractivity contribution in [2.24, 2.45) is 5.92 Å². The molecule has 0 radical (unpaired) electrons. The number of carbonyl (C=O) groups is 1. The molecule has 92 valence electrons. The predicted octanol–water partition coefficient (Wildman–Crippen LogP) is 2.89. The summed E-state index contributed by atoms with van der Waals surface area (Å²) in [5.74, 6) is -1.24. The summed E-state index contributed by atoms with van der Waals surface area (Å²) < 4.78 is 13.1. The number of carboxylic acids is 1. The van der Waals surface area contributed by atoms with Crippen LogP contribution >= 0.6 is 0 Å². The van der Waals surface area contributed by atoms with Gasteiger partial charge in [0.15, 0.2) is 0 Å². The highest BCUT2D eigenvalue weighted by atomic mass is 19.1. The number of aromatic hydroxyl groups is 1. The molecular weight excluding hydrogens is 223 g/mol. The molecule has 0 saturated heterocycles. The van der Waals surface area contributed by atoms with Crippen molar-refractivity contribution in [2.45, 2.75) is 31.6 Å². The summed E-state index contributed by atoms with van der Waals surface area (Å²) in [6.07, 6.45) is 2.56. The van der Waals surface area contributed by atoms with E-state index < -0.39 is 5.97 Å². The largest absolute Gasteiger partial charge is 0.508 e.